The Labute approximate surface area is 159 Å². The predicted molar refractivity (Wildman–Crippen MR) is 103 cm³/mol. The maximum atomic E-state index is 13.3. The molecule has 1 atom stereocenters. The first kappa shape index (κ1) is 19.5. The first-order valence-corrected chi connectivity index (χ1v) is 10.4. The number of nitrogens with zero attached hydrogens (tertiary/aromatic N) is 4. The largest absolute Gasteiger partial charge is 0.330 e. The zero-order valence-electron chi connectivity index (χ0n) is 15.2. The predicted octanol–water partition coefficient (Wildman–Crippen LogP) is 5.05. The standard InChI is InChI=1S/C19H28F2N4S/c20-10-16(7-6-15-4-2-1-3-5-15)8-9-22-17-13-25(14-17)19-23-11-18(26-21)12-24-19/h11-12,15-16H,1-10,13-14H2. The van der Waals surface area contributed by atoms with Crippen molar-refractivity contribution in [1.82, 2.24) is 9.97 Å². The van der Waals surface area contributed by atoms with Crippen LogP contribution in [0.5, 0.6) is 0 Å². The van der Waals surface area contributed by atoms with Gasteiger partial charge in [-0.15, -0.1) is 0 Å². The molecule has 0 radical (unpaired) electrons. The number of aromatic nitrogens is 2. The number of hydrogen-bond donors (Lipinski definition) is 0. The van der Waals surface area contributed by atoms with Crippen molar-refractivity contribution in [3.8, 4) is 0 Å². The SMILES string of the molecule is FCC(CCN=C1CN(c2ncc(SF)cn2)C1)CCC1CCCCC1. The van der Waals surface area contributed by atoms with Gasteiger partial charge in [0, 0.05) is 18.9 Å². The Morgan fingerprint density at radius 3 is 2.54 bits per heavy atom. The van der Waals surface area contributed by atoms with Crippen LogP contribution < -0.4 is 4.90 Å². The Bertz CT molecular complexity index is 567. The summed E-state index contributed by atoms with van der Waals surface area (Å²) in [5.41, 5.74) is 1.11. The van der Waals surface area contributed by atoms with Crippen LogP contribution in [0.4, 0.5) is 14.2 Å². The summed E-state index contributed by atoms with van der Waals surface area (Å²) in [6, 6.07) is 0. The van der Waals surface area contributed by atoms with Gasteiger partial charge in [-0.25, -0.2) is 9.97 Å². The Morgan fingerprint density at radius 2 is 1.88 bits per heavy atom. The lowest BCUT2D eigenvalue weighted by Gasteiger charge is -2.32. The summed E-state index contributed by atoms with van der Waals surface area (Å²) in [7, 11) is 0. The summed E-state index contributed by atoms with van der Waals surface area (Å²) in [6.07, 6.45) is 12.8. The first-order valence-electron chi connectivity index (χ1n) is 9.72. The summed E-state index contributed by atoms with van der Waals surface area (Å²) in [5, 5.41) is 0. The third-order valence-electron chi connectivity index (χ3n) is 5.53. The van der Waals surface area contributed by atoms with Crippen LogP contribution in [0.25, 0.3) is 0 Å². The highest BCUT2D eigenvalue weighted by Crippen LogP contribution is 2.29. The van der Waals surface area contributed by atoms with E-state index in [1.165, 1.54) is 50.9 Å². The summed E-state index contributed by atoms with van der Waals surface area (Å²) in [6.45, 7) is 1.91. The Kier molecular flexibility index (Phi) is 7.65. The molecular weight excluding hydrogens is 354 g/mol. The smallest absolute Gasteiger partial charge is 0.226 e. The molecule has 7 heteroatoms. The van der Waals surface area contributed by atoms with Crippen molar-refractivity contribution in [2.24, 2.45) is 16.8 Å². The van der Waals surface area contributed by atoms with Crippen LogP contribution in [0.2, 0.25) is 0 Å². The number of hydrogen-bond acceptors (Lipinski definition) is 5. The van der Waals surface area contributed by atoms with Crippen LogP contribution in [0, 0.1) is 11.8 Å². The van der Waals surface area contributed by atoms with Crippen LogP contribution in [-0.4, -0.2) is 42.0 Å². The van der Waals surface area contributed by atoms with E-state index in [1.807, 2.05) is 4.90 Å². The minimum Gasteiger partial charge on any atom is -0.330 e. The lowest BCUT2D eigenvalue weighted by molar-refractivity contribution is 0.272. The highest BCUT2D eigenvalue weighted by Gasteiger charge is 2.24. The molecule has 0 aromatic carbocycles. The van der Waals surface area contributed by atoms with Gasteiger partial charge in [-0.3, -0.25) is 9.38 Å². The first-order chi connectivity index (χ1) is 12.8. The number of halogens is 2. The van der Waals surface area contributed by atoms with E-state index in [0.717, 1.165) is 24.5 Å². The van der Waals surface area contributed by atoms with Crippen LogP contribution >= 0.6 is 12.1 Å². The van der Waals surface area contributed by atoms with E-state index >= 15 is 0 Å². The topological polar surface area (TPSA) is 41.4 Å². The number of anilines is 1. The van der Waals surface area contributed by atoms with Crippen LogP contribution in [0.1, 0.15) is 51.4 Å². The minimum atomic E-state index is -0.226. The van der Waals surface area contributed by atoms with E-state index in [9.17, 15) is 8.28 Å². The maximum absolute atomic E-state index is 13.3. The van der Waals surface area contributed by atoms with Crippen molar-refractivity contribution in [3.05, 3.63) is 12.4 Å². The van der Waals surface area contributed by atoms with E-state index in [-0.39, 0.29) is 24.7 Å². The molecule has 1 aromatic rings. The van der Waals surface area contributed by atoms with Gasteiger partial charge in [-0.05, 0) is 24.7 Å². The van der Waals surface area contributed by atoms with Gasteiger partial charge in [-0.1, -0.05) is 38.5 Å². The molecule has 0 N–H and O–H groups in total. The fraction of sp³-hybridized carbons (Fsp3) is 0.737. The summed E-state index contributed by atoms with van der Waals surface area (Å²) in [5.74, 6) is 1.59. The van der Waals surface area contributed by atoms with E-state index in [2.05, 4.69) is 15.0 Å². The molecule has 2 aliphatic rings. The monoisotopic (exact) mass is 382 g/mol. The second kappa shape index (κ2) is 10.2. The molecule has 1 saturated heterocycles. The van der Waals surface area contributed by atoms with Crippen molar-refractivity contribution in [1.29, 1.82) is 0 Å². The molecule has 1 aromatic heterocycles. The average Bonchev–Trinajstić information content (AvgIpc) is 2.67. The summed E-state index contributed by atoms with van der Waals surface area (Å²) < 4.78 is 25.7. The Balaban J connectivity index is 1.34. The highest BCUT2D eigenvalue weighted by atomic mass is 32.2. The summed E-state index contributed by atoms with van der Waals surface area (Å²) in [4.78, 5) is 15.3. The molecule has 26 heavy (non-hydrogen) atoms. The minimum absolute atomic E-state index is 0.146. The van der Waals surface area contributed by atoms with Gasteiger partial charge in [0.15, 0.2) is 0 Å². The maximum Gasteiger partial charge on any atom is 0.226 e. The van der Waals surface area contributed by atoms with Crippen molar-refractivity contribution in [2.45, 2.75) is 56.3 Å². The van der Waals surface area contributed by atoms with Gasteiger partial charge < -0.3 is 4.90 Å². The quantitative estimate of drug-likeness (QED) is 0.599. The third kappa shape index (κ3) is 5.63. The molecule has 1 saturated carbocycles. The van der Waals surface area contributed by atoms with E-state index < -0.39 is 0 Å². The second-order valence-electron chi connectivity index (χ2n) is 7.49. The molecule has 0 amide bonds. The van der Waals surface area contributed by atoms with Gasteiger partial charge in [-0.2, -0.15) is 3.89 Å². The third-order valence-corrected chi connectivity index (χ3v) is 5.92. The molecule has 144 valence electrons. The molecule has 1 aliphatic heterocycles. The molecule has 2 heterocycles. The van der Waals surface area contributed by atoms with E-state index in [0.29, 0.717) is 30.5 Å². The second-order valence-corrected chi connectivity index (χ2v) is 8.12. The molecule has 0 bridgehead atoms. The van der Waals surface area contributed by atoms with E-state index in [1.54, 1.807) is 0 Å². The summed E-state index contributed by atoms with van der Waals surface area (Å²) >= 11 is 0.146. The van der Waals surface area contributed by atoms with Crippen molar-refractivity contribution >= 4 is 23.8 Å². The zero-order valence-corrected chi connectivity index (χ0v) is 16.1. The molecule has 4 nitrogen and oxygen atoms in total. The fourth-order valence-corrected chi connectivity index (χ4v) is 3.98. The molecule has 0 spiro atoms. The van der Waals surface area contributed by atoms with Crippen LogP contribution in [0.3, 0.4) is 0 Å². The fourth-order valence-electron chi connectivity index (χ4n) is 3.80. The molecule has 2 fully saturated rings. The van der Waals surface area contributed by atoms with Crippen molar-refractivity contribution < 1.29 is 8.28 Å². The van der Waals surface area contributed by atoms with Gasteiger partial charge in [0.05, 0.1) is 42.5 Å². The highest BCUT2D eigenvalue weighted by molar-refractivity contribution is 7.94. The van der Waals surface area contributed by atoms with E-state index in [4.69, 9.17) is 0 Å². The van der Waals surface area contributed by atoms with Gasteiger partial charge >= 0.3 is 0 Å². The normalized spacial score (nSPS) is 19.3. The molecular formula is C19H28F2N4S. The van der Waals surface area contributed by atoms with Crippen LogP contribution in [0.15, 0.2) is 22.3 Å². The number of rotatable bonds is 9. The molecule has 1 aliphatic carbocycles. The number of aliphatic imine (C=N–C) groups is 1. The van der Waals surface area contributed by atoms with Gasteiger partial charge in [0.2, 0.25) is 5.95 Å². The lowest BCUT2D eigenvalue weighted by Crippen LogP contribution is -2.48. The van der Waals surface area contributed by atoms with Crippen molar-refractivity contribution in [3.63, 3.8) is 0 Å². The average molecular weight is 383 g/mol. The zero-order chi connectivity index (χ0) is 18.2. The molecule has 1 unspecified atom stereocenters. The molecule has 3 rings (SSSR count). The van der Waals surface area contributed by atoms with Crippen LogP contribution in [-0.2, 0) is 0 Å². The van der Waals surface area contributed by atoms with Gasteiger partial charge in [0.25, 0.3) is 0 Å². The lowest BCUT2D eigenvalue weighted by atomic mass is 9.84. The van der Waals surface area contributed by atoms with Gasteiger partial charge in [0.1, 0.15) is 0 Å². The Morgan fingerprint density at radius 1 is 1.15 bits per heavy atom. The Hall–Kier alpha value is -1.24. The number of alkyl halides is 1. The van der Waals surface area contributed by atoms with Crippen molar-refractivity contribution in [2.75, 3.05) is 31.2 Å².